The van der Waals surface area contributed by atoms with Crippen molar-refractivity contribution in [2.75, 3.05) is 17.7 Å². The molecule has 18 heavy (non-hydrogen) atoms. The Kier molecular flexibility index (Phi) is 3.64. The SMILES string of the molecule is CN(c1cc(Cl)c(Cl)cc1N)c1ccccc1F. The van der Waals surface area contributed by atoms with Gasteiger partial charge in [-0.1, -0.05) is 35.3 Å². The van der Waals surface area contributed by atoms with Crippen molar-refractivity contribution in [2.45, 2.75) is 0 Å². The third-order valence-electron chi connectivity index (χ3n) is 2.64. The van der Waals surface area contributed by atoms with E-state index in [1.54, 1.807) is 42.3 Å². The lowest BCUT2D eigenvalue weighted by Gasteiger charge is -2.22. The average molecular weight is 285 g/mol. The van der Waals surface area contributed by atoms with Crippen LogP contribution in [-0.4, -0.2) is 7.05 Å². The van der Waals surface area contributed by atoms with Crippen LogP contribution in [0.4, 0.5) is 21.5 Å². The zero-order chi connectivity index (χ0) is 13.3. The summed E-state index contributed by atoms with van der Waals surface area (Å²) in [5.74, 6) is -0.328. The molecule has 2 rings (SSSR count). The minimum absolute atomic E-state index is 0.328. The Hall–Kier alpha value is -1.45. The number of nitrogen functional groups attached to an aromatic ring is 1. The van der Waals surface area contributed by atoms with Crippen LogP contribution in [0, 0.1) is 5.82 Å². The molecule has 2 N–H and O–H groups in total. The van der Waals surface area contributed by atoms with Gasteiger partial charge in [-0.25, -0.2) is 4.39 Å². The minimum atomic E-state index is -0.328. The maximum atomic E-state index is 13.7. The van der Waals surface area contributed by atoms with Gasteiger partial charge in [-0.05, 0) is 24.3 Å². The monoisotopic (exact) mass is 284 g/mol. The Labute approximate surface area is 115 Å². The van der Waals surface area contributed by atoms with Crippen LogP contribution in [0.5, 0.6) is 0 Å². The van der Waals surface area contributed by atoms with Crippen LogP contribution in [0.3, 0.4) is 0 Å². The number of para-hydroxylation sites is 1. The van der Waals surface area contributed by atoms with Crippen LogP contribution in [0.2, 0.25) is 10.0 Å². The average Bonchev–Trinajstić information content (AvgIpc) is 2.33. The van der Waals surface area contributed by atoms with Gasteiger partial charge in [-0.15, -0.1) is 0 Å². The minimum Gasteiger partial charge on any atom is -0.397 e. The summed E-state index contributed by atoms with van der Waals surface area (Å²) in [6, 6.07) is 9.60. The van der Waals surface area contributed by atoms with Crippen LogP contribution in [0.25, 0.3) is 0 Å². The Morgan fingerprint density at radius 1 is 1.06 bits per heavy atom. The van der Waals surface area contributed by atoms with E-state index in [0.717, 1.165) is 0 Å². The summed E-state index contributed by atoms with van der Waals surface area (Å²) in [7, 11) is 1.72. The van der Waals surface area contributed by atoms with Crippen molar-refractivity contribution in [3.8, 4) is 0 Å². The first kappa shape index (κ1) is 13.0. The molecular formula is C13H11Cl2FN2. The number of rotatable bonds is 2. The molecule has 0 bridgehead atoms. The Balaban J connectivity index is 2.50. The van der Waals surface area contributed by atoms with Crippen molar-refractivity contribution in [2.24, 2.45) is 0 Å². The molecule has 2 nitrogen and oxygen atoms in total. The topological polar surface area (TPSA) is 29.3 Å². The molecule has 0 spiro atoms. The third-order valence-corrected chi connectivity index (χ3v) is 3.37. The van der Waals surface area contributed by atoms with Crippen LogP contribution in [0.1, 0.15) is 0 Å². The molecule has 0 aliphatic heterocycles. The first-order valence-electron chi connectivity index (χ1n) is 5.23. The molecule has 0 aliphatic carbocycles. The summed E-state index contributed by atoms with van der Waals surface area (Å²) in [6.45, 7) is 0. The summed E-state index contributed by atoms with van der Waals surface area (Å²) >= 11 is 11.8. The van der Waals surface area contributed by atoms with E-state index in [1.165, 1.54) is 6.07 Å². The van der Waals surface area contributed by atoms with E-state index < -0.39 is 0 Å². The molecule has 94 valence electrons. The highest BCUT2D eigenvalue weighted by Gasteiger charge is 2.13. The summed E-state index contributed by atoms with van der Waals surface area (Å²) in [6.07, 6.45) is 0. The van der Waals surface area contributed by atoms with Gasteiger partial charge in [0.15, 0.2) is 0 Å². The van der Waals surface area contributed by atoms with Gasteiger partial charge < -0.3 is 10.6 Å². The fourth-order valence-corrected chi connectivity index (χ4v) is 2.03. The van der Waals surface area contributed by atoms with E-state index >= 15 is 0 Å². The van der Waals surface area contributed by atoms with Crippen molar-refractivity contribution < 1.29 is 4.39 Å². The van der Waals surface area contributed by atoms with Gasteiger partial charge in [0, 0.05) is 7.05 Å². The van der Waals surface area contributed by atoms with E-state index in [0.29, 0.717) is 27.1 Å². The van der Waals surface area contributed by atoms with Crippen molar-refractivity contribution in [1.29, 1.82) is 0 Å². The lowest BCUT2D eigenvalue weighted by molar-refractivity contribution is 0.627. The van der Waals surface area contributed by atoms with Crippen LogP contribution >= 0.6 is 23.2 Å². The first-order chi connectivity index (χ1) is 8.50. The van der Waals surface area contributed by atoms with Crippen LogP contribution in [0.15, 0.2) is 36.4 Å². The lowest BCUT2D eigenvalue weighted by Crippen LogP contribution is -2.13. The highest BCUT2D eigenvalue weighted by molar-refractivity contribution is 6.42. The highest BCUT2D eigenvalue weighted by atomic mass is 35.5. The van der Waals surface area contributed by atoms with E-state index in [2.05, 4.69) is 0 Å². The van der Waals surface area contributed by atoms with E-state index in [1.807, 2.05) is 0 Å². The van der Waals surface area contributed by atoms with Gasteiger partial charge in [-0.2, -0.15) is 0 Å². The predicted octanol–water partition coefficient (Wildman–Crippen LogP) is 4.48. The number of halogens is 3. The van der Waals surface area contributed by atoms with Crippen molar-refractivity contribution >= 4 is 40.3 Å². The molecule has 0 radical (unpaired) electrons. The van der Waals surface area contributed by atoms with Gasteiger partial charge in [-0.3, -0.25) is 0 Å². The van der Waals surface area contributed by atoms with Crippen LogP contribution < -0.4 is 10.6 Å². The molecule has 2 aromatic rings. The smallest absolute Gasteiger partial charge is 0.146 e. The Bertz CT molecular complexity index is 587. The molecule has 2 aromatic carbocycles. The van der Waals surface area contributed by atoms with Crippen LogP contribution in [-0.2, 0) is 0 Å². The molecule has 5 heteroatoms. The molecule has 0 aromatic heterocycles. The number of hydrogen-bond donors (Lipinski definition) is 1. The Morgan fingerprint density at radius 3 is 2.33 bits per heavy atom. The molecule has 0 unspecified atom stereocenters. The Morgan fingerprint density at radius 2 is 1.67 bits per heavy atom. The second-order valence-electron chi connectivity index (χ2n) is 3.84. The molecule has 0 atom stereocenters. The van der Waals surface area contributed by atoms with Gasteiger partial charge >= 0.3 is 0 Å². The molecule has 0 saturated heterocycles. The van der Waals surface area contributed by atoms with Gasteiger partial charge in [0.2, 0.25) is 0 Å². The van der Waals surface area contributed by atoms with E-state index in [-0.39, 0.29) is 5.82 Å². The molecule has 0 fully saturated rings. The molecule has 0 aliphatic rings. The van der Waals surface area contributed by atoms with Gasteiger partial charge in [0.05, 0.1) is 27.1 Å². The zero-order valence-corrected chi connectivity index (χ0v) is 11.1. The molecular weight excluding hydrogens is 274 g/mol. The predicted molar refractivity (Wildman–Crippen MR) is 75.3 cm³/mol. The zero-order valence-electron chi connectivity index (χ0n) is 9.62. The van der Waals surface area contributed by atoms with Crippen molar-refractivity contribution in [3.05, 3.63) is 52.3 Å². The summed E-state index contributed by atoms with van der Waals surface area (Å²) in [5.41, 5.74) is 7.34. The summed E-state index contributed by atoms with van der Waals surface area (Å²) in [5, 5.41) is 0.754. The summed E-state index contributed by atoms with van der Waals surface area (Å²) in [4.78, 5) is 1.63. The lowest BCUT2D eigenvalue weighted by atomic mass is 10.2. The molecule has 0 saturated carbocycles. The van der Waals surface area contributed by atoms with E-state index in [4.69, 9.17) is 28.9 Å². The highest BCUT2D eigenvalue weighted by Crippen LogP contribution is 2.36. The maximum Gasteiger partial charge on any atom is 0.146 e. The van der Waals surface area contributed by atoms with Crippen molar-refractivity contribution in [3.63, 3.8) is 0 Å². The first-order valence-corrected chi connectivity index (χ1v) is 5.99. The number of anilines is 3. The standard InChI is InChI=1S/C13H11Cl2FN2/c1-18(12-5-3-2-4-10(12)16)13-7-9(15)8(14)6-11(13)17/h2-7H,17H2,1H3. The molecule has 0 heterocycles. The third kappa shape index (κ3) is 2.37. The number of benzene rings is 2. The van der Waals surface area contributed by atoms with Crippen molar-refractivity contribution in [1.82, 2.24) is 0 Å². The number of hydrogen-bond acceptors (Lipinski definition) is 2. The van der Waals surface area contributed by atoms with Gasteiger partial charge in [0.25, 0.3) is 0 Å². The fraction of sp³-hybridized carbons (Fsp3) is 0.0769. The van der Waals surface area contributed by atoms with E-state index in [9.17, 15) is 4.39 Å². The quantitative estimate of drug-likeness (QED) is 0.824. The van der Waals surface area contributed by atoms with Gasteiger partial charge in [0.1, 0.15) is 5.82 Å². The fourth-order valence-electron chi connectivity index (χ4n) is 1.70. The summed E-state index contributed by atoms with van der Waals surface area (Å²) < 4.78 is 13.7. The number of nitrogens with zero attached hydrogens (tertiary/aromatic N) is 1. The number of nitrogens with two attached hydrogens (primary N) is 1. The largest absolute Gasteiger partial charge is 0.397 e. The second-order valence-corrected chi connectivity index (χ2v) is 4.65. The molecule has 0 amide bonds. The maximum absolute atomic E-state index is 13.7. The second kappa shape index (κ2) is 5.04. The normalized spacial score (nSPS) is 10.4.